The topological polar surface area (TPSA) is 71.9 Å². The maximum Gasteiger partial charge on any atom is 0.141 e. The first-order valence-electron chi connectivity index (χ1n) is 6.61. The highest BCUT2D eigenvalue weighted by atomic mass is 19.1. The predicted molar refractivity (Wildman–Crippen MR) is 77.2 cm³/mol. The van der Waals surface area contributed by atoms with E-state index < -0.39 is 5.82 Å². The molecule has 0 saturated carbocycles. The molecular weight excluding hydrogens is 269 g/mol. The first-order valence-corrected chi connectivity index (χ1v) is 6.61. The number of benzene rings is 1. The zero-order valence-electron chi connectivity index (χ0n) is 11.8. The molecular formula is C16H16FN3O. The average Bonchev–Trinajstić information content (AvgIpc) is 2.46. The molecule has 0 radical (unpaired) electrons. The second kappa shape index (κ2) is 6.82. The largest absolute Gasteiger partial charge is 0.487 e. The fraction of sp³-hybridized carbons (Fsp3) is 0.250. The van der Waals surface area contributed by atoms with Crippen molar-refractivity contribution in [3.63, 3.8) is 0 Å². The molecule has 2 aromatic rings. The Bertz CT molecular complexity index is 680. The minimum atomic E-state index is -0.447. The van der Waals surface area contributed by atoms with E-state index in [9.17, 15) is 4.39 Å². The van der Waals surface area contributed by atoms with Crippen molar-refractivity contribution in [2.24, 2.45) is 5.73 Å². The van der Waals surface area contributed by atoms with Crippen LogP contribution in [0.15, 0.2) is 30.3 Å². The molecule has 0 atom stereocenters. The first-order chi connectivity index (χ1) is 10.1. The lowest BCUT2D eigenvalue weighted by Gasteiger charge is -2.11. The van der Waals surface area contributed by atoms with Crippen molar-refractivity contribution in [2.45, 2.75) is 20.0 Å². The zero-order chi connectivity index (χ0) is 15.2. The molecule has 0 fully saturated rings. The molecule has 5 heteroatoms. The van der Waals surface area contributed by atoms with Gasteiger partial charge < -0.3 is 10.5 Å². The van der Waals surface area contributed by atoms with Crippen LogP contribution in [-0.2, 0) is 13.0 Å². The van der Waals surface area contributed by atoms with E-state index in [1.54, 1.807) is 6.07 Å². The van der Waals surface area contributed by atoms with Gasteiger partial charge in [-0.2, -0.15) is 5.26 Å². The number of rotatable bonds is 5. The van der Waals surface area contributed by atoms with Gasteiger partial charge in [0.15, 0.2) is 0 Å². The van der Waals surface area contributed by atoms with E-state index in [4.69, 9.17) is 15.7 Å². The van der Waals surface area contributed by atoms with Crippen molar-refractivity contribution in [1.82, 2.24) is 4.98 Å². The summed E-state index contributed by atoms with van der Waals surface area (Å²) in [4.78, 5) is 4.40. The molecule has 108 valence electrons. The van der Waals surface area contributed by atoms with E-state index in [1.165, 1.54) is 12.1 Å². The van der Waals surface area contributed by atoms with Crippen molar-refractivity contribution in [1.29, 1.82) is 5.26 Å². The second-order valence-corrected chi connectivity index (χ2v) is 4.68. The fourth-order valence-electron chi connectivity index (χ4n) is 2.00. The van der Waals surface area contributed by atoms with E-state index >= 15 is 0 Å². The smallest absolute Gasteiger partial charge is 0.141 e. The summed E-state index contributed by atoms with van der Waals surface area (Å²) in [6.07, 6.45) is 0.615. The van der Waals surface area contributed by atoms with Crippen molar-refractivity contribution < 1.29 is 9.13 Å². The maximum absolute atomic E-state index is 13.4. The molecule has 0 aliphatic rings. The Kier molecular flexibility index (Phi) is 4.85. The van der Waals surface area contributed by atoms with E-state index in [0.29, 0.717) is 24.3 Å². The summed E-state index contributed by atoms with van der Waals surface area (Å²) in [6, 6.07) is 9.75. The van der Waals surface area contributed by atoms with Gasteiger partial charge in [-0.1, -0.05) is 0 Å². The molecule has 4 nitrogen and oxygen atoms in total. The number of nitriles is 1. The second-order valence-electron chi connectivity index (χ2n) is 4.68. The number of hydrogen-bond acceptors (Lipinski definition) is 4. The zero-order valence-corrected chi connectivity index (χ0v) is 11.8. The third kappa shape index (κ3) is 4.01. The third-order valence-corrected chi connectivity index (χ3v) is 2.93. The fourth-order valence-corrected chi connectivity index (χ4v) is 2.00. The average molecular weight is 285 g/mol. The van der Waals surface area contributed by atoms with Crippen LogP contribution in [0.25, 0.3) is 0 Å². The number of nitrogens with zero attached hydrogens (tertiary/aromatic N) is 2. The first kappa shape index (κ1) is 14.9. The lowest BCUT2D eigenvalue weighted by Crippen LogP contribution is -2.08. The van der Waals surface area contributed by atoms with Crippen LogP contribution in [0.2, 0.25) is 0 Å². The molecule has 0 spiro atoms. The van der Waals surface area contributed by atoms with Gasteiger partial charge in [-0.05, 0) is 49.4 Å². The molecule has 0 saturated heterocycles. The van der Waals surface area contributed by atoms with E-state index in [1.807, 2.05) is 25.1 Å². The molecule has 1 aromatic carbocycles. The number of hydrogen-bond donors (Lipinski definition) is 1. The molecule has 0 bridgehead atoms. The standard InChI is InChI=1S/C16H16FN3O/c1-11-2-3-16(15(20-11)4-5-18)21-10-13-6-12(9-19)7-14(17)8-13/h2-3,6-8H,4-5,10,18H2,1H3. The van der Waals surface area contributed by atoms with Crippen LogP contribution in [0.5, 0.6) is 5.75 Å². The van der Waals surface area contributed by atoms with Crippen LogP contribution in [0.4, 0.5) is 4.39 Å². The lowest BCUT2D eigenvalue weighted by atomic mass is 10.1. The minimum Gasteiger partial charge on any atom is -0.487 e. The van der Waals surface area contributed by atoms with E-state index in [2.05, 4.69) is 4.98 Å². The highest BCUT2D eigenvalue weighted by molar-refractivity contribution is 5.34. The normalized spacial score (nSPS) is 10.2. The Balaban J connectivity index is 2.16. The Morgan fingerprint density at radius 1 is 1.33 bits per heavy atom. The van der Waals surface area contributed by atoms with Crippen LogP contribution in [-0.4, -0.2) is 11.5 Å². The molecule has 1 heterocycles. The number of aryl methyl sites for hydroxylation is 1. The summed E-state index contributed by atoms with van der Waals surface area (Å²) >= 11 is 0. The van der Waals surface area contributed by atoms with Crippen molar-refractivity contribution >= 4 is 0 Å². The van der Waals surface area contributed by atoms with E-state index in [-0.39, 0.29) is 12.2 Å². The van der Waals surface area contributed by atoms with Gasteiger partial charge >= 0.3 is 0 Å². The van der Waals surface area contributed by atoms with Gasteiger partial charge in [0.1, 0.15) is 18.2 Å². The number of halogens is 1. The van der Waals surface area contributed by atoms with E-state index in [0.717, 1.165) is 11.4 Å². The Labute approximate surface area is 123 Å². The molecule has 21 heavy (non-hydrogen) atoms. The molecule has 2 rings (SSSR count). The summed E-state index contributed by atoms with van der Waals surface area (Å²) < 4.78 is 19.0. The predicted octanol–water partition coefficient (Wildman–Crippen LogP) is 2.48. The minimum absolute atomic E-state index is 0.175. The van der Waals surface area contributed by atoms with Gasteiger partial charge in [0, 0.05) is 12.1 Å². The van der Waals surface area contributed by atoms with Gasteiger partial charge in [-0.3, -0.25) is 4.98 Å². The van der Waals surface area contributed by atoms with Gasteiger partial charge in [-0.15, -0.1) is 0 Å². The number of pyridine rings is 1. The van der Waals surface area contributed by atoms with Crippen LogP contribution in [0.1, 0.15) is 22.5 Å². The quantitative estimate of drug-likeness (QED) is 0.916. The van der Waals surface area contributed by atoms with Crippen LogP contribution in [0, 0.1) is 24.1 Å². The number of ether oxygens (including phenoxy) is 1. The van der Waals surface area contributed by atoms with Crippen molar-refractivity contribution in [2.75, 3.05) is 6.54 Å². The van der Waals surface area contributed by atoms with Gasteiger partial charge in [0.05, 0.1) is 17.3 Å². The van der Waals surface area contributed by atoms with Crippen LogP contribution < -0.4 is 10.5 Å². The molecule has 0 unspecified atom stereocenters. The summed E-state index contributed by atoms with van der Waals surface area (Å²) in [5.74, 6) is 0.186. The number of aromatic nitrogens is 1. The van der Waals surface area contributed by atoms with Gasteiger partial charge in [0.25, 0.3) is 0 Å². The van der Waals surface area contributed by atoms with Gasteiger partial charge in [-0.25, -0.2) is 4.39 Å². The van der Waals surface area contributed by atoms with Crippen molar-refractivity contribution in [3.05, 3.63) is 58.7 Å². The Hall–Kier alpha value is -2.45. The highest BCUT2D eigenvalue weighted by Gasteiger charge is 2.07. The van der Waals surface area contributed by atoms with Crippen LogP contribution in [0.3, 0.4) is 0 Å². The summed E-state index contributed by atoms with van der Waals surface area (Å²) in [5.41, 5.74) is 8.12. The monoisotopic (exact) mass is 285 g/mol. The third-order valence-electron chi connectivity index (χ3n) is 2.93. The Morgan fingerprint density at radius 3 is 2.86 bits per heavy atom. The summed E-state index contributed by atoms with van der Waals surface area (Å²) in [6.45, 7) is 2.55. The van der Waals surface area contributed by atoms with Crippen LogP contribution >= 0.6 is 0 Å². The Morgan fingerprint density at radius 2 is 2.14 bits per heavy atom. The maximum atomic E-state index is 13.4. The van der Waals surface area contributed by atoms with Gasteiger partial charge in [0.2, 0.25) is 0 Å². The lowest BCUT2D eigenvalue weighted by molar-refractivity contribution is 0.300. The molecule has 2 N–H and O–H groups in total. The van der Waals surface area contributed by atoms with Crippen molar-refractivity contribution in [3.8, 4) is 11.8 Å². The summed E-state index contributed by atoms with van der Waals surface area (Å²) in [7, 11) is 0. The number of nitrogens with two attached hydrogens (primary N) is 1. The molecule has 0 amide bonds. The molecule has 0 aliphatic heterocycles. The SMILES string of the molecule is Cc1ccc(OCc2cc(F)cc(C#N)c2)c(CCN)n1. The molecule has 0 aliphatic carbocycles. The summed E-state index contributed by atoms with van der Waals surface area (Å²) in [5, 5.41) is 8.83. The molecule has 1 aromatic heterocycles. The highest BCUT2D eigenvalue weighted by Crippen LogP contribution is 2.19.